The number of hydrogen-bond donors (Lipinski definition) is 1. The Kier molecular flexibility index (Phi) is 6.84. The summed E-state index contributed by atoms with van der Waals surface area (Å²) in [4.78, 5) is 20.8. The molecule has 4 aromatic carbocycles. The van der Waals surface area contributed by atoms with Gasteiger partial charge in [0, 0.05) is 12.1 Å². The molecule has 0 fully saturated rings. The fourth-order valence-corrected chi connectivity index (χ4v) is 4.75. The summed E-state index contributed by atoms with van der Waals surface area (Å²) >= 11 is 0. The molecule has 2 aliphatic rings. The molecule has 2 atom stereocenters. The van der Waals surface area contributed by atoms with Crippen LogP contribution in [0.3, 0.4) is 0 Å². The molecule has 0 aromatic heterocycles. The van der Waals surface area contributed by atoms with E-state index in [0.717, 1.165) is 11.1 Å². The number of nitro groups is 1. The molecule has 9 nitrogen and oxygen atoms in total. The van der Waals surface area contributed by atoms with Crippen LogP contribution in [0.25, 0.3) is 0 Å². The maximum absolute atomic E-state index is 11.6. The molecule has 2 aliphatic heterocycles. The molecule has 0 unspecified atom stereocenters. The van der Waals surface area contributed by atoms with Gasteiger partial charge < -0.3 is 19.5 Å². The first-order chi connectivity index (χ1) is 19.6. The van der Waals surface area contributed by atoms with E-state index in [-0.39, 0.29) is 17.8 Å². The van der Waals surface area contributed by atoms with Crippen molar-refractivity contribution in [2.24, 2.45) is 9.98 Å². The van der Waals surface area contributed by atoms with Crippen LogP contribution in [-0.4, -0.2) is 37.0 Å². The molecule has 0 spiro atoms. The highest BCUT2D eigenvalue weighted by Crippen LogP contribution is 2.35. The van der Waals surface area contributed by atoms with E-state index < -0.39 is 4.92 Å². The Labute approximate surface area is 230 Å². The van der Waals surface area contributed by atoms with Crippen molar-refractivity contribution in [2.45, 2.75) is 12.1 Å². The van der Waals surface area contributed by atoms with Gasteiger partial charge in [-0.25, -0.2) is 9.98 Å². The first-order valence-corrected chi connectivity index (χ1v) is 12.8. The van der Waals surface area contributed by atoms with Crippen molar-refractivity contribution in [3.8, 4) is 5.75 Å². The molecule has 1 N–H and O–H groups in total. The molecule has 0 saturated carbocycles. The number of aliphatic imine (C=N–C) groups is 2. The van der Waals surface area contributed by atoms with Crippen molar-refractivity contribution in [3.05, 3.63) is 129 Å². The first-order valence-electron chi connectivity index (χ1n) is 12.8. The van der Waals surface area contributed by atoms with Crippen LogP contribution in [-0.2, 0) is 9.47 Å². The van der Waals surface area contributed by atoms with Crippen LogP contribution in [0.4, 0.5) is 17.1 Å². The molecule has 4 aromatic rings. The average molecular weight is 535 g/mol. The largest absolute Gasteiger partial charge is 0.497 e. The Morgan fingerprint density at radius 1 is 0.775 bits per heavy atom. The van der Waals surface area contributed by atoms with E-state index in [1.54, 1.807) is 13.2 Å². The van der Waals surface area contributed by atoms with Gasteiger partial charge in [0.15, 0.2) is 0 Å². The van der Waals surface area contributed by atoms with Crippen molar-refractivity contribution < 1.29 is 19.1 Å². The zero-order valence-electron chi connectivity index (χ0n) is 21.7. The molecule has 0 aliphatic carbocycles. The van der Waals surface area contributed by atoms with Crippen LogP contribution in [0.5, 0.6) is 5.75 Å². The predicted octanol–water partition coefficient (Wildman–Crippen LogP) is 6.38. The van der Waals surface area contributed by atoms with Gasteiger partial charge in [-0.2, -0.15) is 0 Å². The van der Waals surface area contributed by atoms with E-state index in [0.29, 0.717) is 53.3 Å². The SMILES string of the molecule is COc1ccc(Nc2ccc([N+](=O)[O-])cc2C2=N[C@H](c3ccccc3)CO2)c(C2=N[C@H](c3ccccc3)CO2)c1. The normalized spacial score (nSPS) is 17.8. The highest BCUT2D eigenvalue weighted by atomic mass is 16.6. The number of rotatable bonds is 8. The molecule has 0 saturated heterocycles. The second-order valence-electron chi connectivity index (χ2n) is 9.37. The minimum absolute atomic E-state index is 0.0563. The summed E-state index contributed by atoms with van der Waals surface area (Å²) in [7, 11) is 1.60. The standard InChI is InChI=1S/C31H26N4O5/c1-38-23-13-15-27(25(17-23)31-34-29(19-40-31)21-10-6-3-7-11-21)32-26-14-12-22(35(36)37)16-24(26)30-33-28(18-39-30)20-8-4-2-5-9-20/h2-17,28-29,32H,18-19H2,1H3/t28-,29-/m0/s1. The Morgan fingerprint density at radius 2 is 1.30 bits per heavy atom. The summed E-state index contributed by atoms with van der Waals surface area (Å²) < 4.78 is 17.5. The van der Waals surface area contributed by atoms with Crippen LogP contribution in [0, 0.1) is 10.1 Å². The number of methoxy groups -OCH3 is 1. The van der Waals surface area contributed by atoms with Crippen molar-refractivity contribution in [3.63, 3.8) is 0 Å². The van der Waals surface area contributed by atoms with Crippen molar-refractivity contribution >= 4 is 28.9 Å². The second kappa shape index (κ2) is 10.9. The van der Waals surface area contributed by atoms with E-state index in [1.165, 1.54) is 12.1 Å². The molecule has 40 heavy (non-hydrogen) atoms. The number of hydrogen-bond acceptors (Lipinski definition) is 8. The summed E-state index contributed by atoms with van der Waals surface area (Å²) in [6.45, 7) is 0.769. The summed E-state index contributed by atoms with van der Waals surface area (Å²) in [6, 6.07) is 29.6. The fourth-order valence-electron chi connectivity index (χ4n) is 4.75. The number of anilines is 2. The lowest BCUT2D eigenvalue weighted by molar-refractivity contribution is -0.384. The quantitative estimate of drug-likeness (QED) is 0.208. The molecule has 0 bridgehead atoms. The summed E-state index contributed by atoms with van der Waals surface area (Å²) in [5.74, 6) is 1.47. The molecule has 6 rings (SSSR count). The van der Waals surface area contributed by atoms with E-state index in [9.17, 15) is 10.1 Å². The van der Waals surface area contributed by atoms with E-state index >= 15 is 0 Å². The number of nitrogens with one attached hydrogen (secondary N) is 1. The molecule has 0 radical (unpaired) electrons. The smallest absolute Gasteiger partial charge is 0.270 e. The van der Waals surface area contributed by atoms with Gasteiger partial charge in [-0.05, 0) is 35.4 Å². The maximum Gasteiger partial charge on any atom is 0.270 e. The third-order valence-corrected chi connectivity index (χ3v) is 6.84. The predicted molar refractivity (Wildman–Crippen MR) is 153 cm³/mol. The summed E-state index contributed by atoms with van der Waals surface area (Å²) in [5, 5.41) is 15.0. The van der Waals surface area contributed by atoms with Crippen molar-refractivity contribution in [1.29, 1.82) is 0 Å². The number of benzene rings is 4. The van der Waals surface area contributed by atoms with E-state index in [2.05, 4.69) is 5.32 Å². The fraction of sp³-hybridized carbons (Fsp3) is 0.161. The zero-order chi connectivity index (χ0) is 27.5. The average Bonchev–Trinajstić information content (AvgIpc) is 3.69. The Balaban J connectivity index is 1.37. The monoisotopic (exact) mass is 534 g/mol. The molecule has 0 amide bonds. The van der Waals surface area contributed by atoms with Gasteiger partial charge >= 0.3 is 0 Å². The lowest BCUT2D eigenvalue weighted by Crippen LogP contribution is -2.10. The van der Waals surface area contributed by atoms with Gasteiger partial charge in [-0.15, -0.1) is 0 Å². The molecular weight excluding hydrogens is 508 g/mol. The van der Waals surface area contributed by atoms with Gasteiger partial charge in [0.1, 0.15) is 31.0 Å². The second-order valence-corrected chi connectivity index (χ2v) is 9.37. The summed E-state index contributed by atoms with van der Waals surface area (Å²) in [6.07, 6.45) is 0. The van der Waals surface area contributed by atoms with Gasteiger partial charge in [-0.1, -0.05) is 60.7 Å². The molecule has 9 heteroatoms. The highest BCUT2D eigenvalue weighted by Gasteiger charge is 2.27. The van der Waals surface area contributed by atoms with E-state index in [1.807, 2.05) is 78.9 Å². The Hall–Kier alpha value is -5.18. The van der Waals surface area contributed by atoms with Gasteiger partial charge in [0.25, 0.3) is 5.69 Å². The third-order valence-electron chi connectivity index (χ3n) is 6.84. The lowest BCUT2D eigenvalue weighted by Gasteiger charge is -2.16. The molecule has 200 valence electrons. The van der Waals surface area contributed by atoms with Crippen LogP contribution in [0.2, 0.25) is 0 Å². The Bertz CT molecular complexity index is 1610. The van der Waals surface area contributed by atoms with Crippen molar-refractivity contribution in [1.82, 2.24) is 0 Å². The zero-order valence-corrected chi connectivity index (χ0v) is 21.7. The summed E-state index contributed by atoms with van der Waals surface area (Å²) in [5.41, 5.74) is 4.52. The van der Waals surface area contributed by atoms with Crippen LogP contribution in [0.15, 0.2) is 107 Å². The maximum atomic E-state index is 11.6. The topological polar surface area (TPSA) is 108 Å². The minimum atomic E-state index is -0.429. The van der Waals surface area contributed by atoms with Crippen LogP contribution in [0.1, 0.15) is 34.3 Å². The van der Waals surface area contributed by atoms with Gasteiger partial charge in [0.2, 0.25) is 11.8 Å². The number of nitrogens with zero attached hydrogens (tertiary/aromatic N) is 3. The highest BCUT2D eigenvalue weighted by molar-refractivity contribution is 6.05. The number of non-ortho nitro benzene ring substituents is 1. The van der Waals surface area contributed by atoms with Crippen LogP contribution >= 0.6 is 0 Å². The molecule has 2 heterocycles. The first kappa shape index (κ1) is 25.1. The van der Waals surface area contributed by atoms with Gasteiger partial charge in [0.05, 0.1) is 34.5 Å². The Morgan fingerprint density at radius 3 is 1.82 bits per heavy atom. The minimum Gasteiger partial charge on any atom is -0.497 e. The number of ether oxygens (including phenoxy) is 3. The number of nitro benzene ring substituents is 1. The lowest BCUT2D eigenvalue weighted by atomic mass is 10.1. The van der Waals surface area contributed by atoms with E-state index in [4.69, 9.17) is 24.2 Å². The third kappa shape index (κ3) is 5.09. The van der Waals surface area contributed by atoms with Crippen LogP contribution < -0.4 is 10.1 Å². The van der Waals surface area contributed by atoms with Gasteiger partial charge in [-0.3, -0.25) is 10.1 Å². The van der Waals surface area contributed by atoms with Crippen molar-refractivity contribution in [2.75, 3.05) is 25.6 Å². The molecular formula is C31H26N4O5.